The number of nitrogens with zero attached hydrogens (tertiary/aromatic N) is 17. The topological polar surface area (TPSA) is 131 Å². The molecule has 0 bridgehead atoms. The highest BCUT2D eigenvalue weighted by Gasteiger charge is 2.24. The zero-order chi connectivity index (χ0) is 45.7. The Morgan fingerprint density at radius 1 is 0.515 bits per heavy atom. The molecule has 0 spiro atoms. The molecule has 11 heterocycles. The molecule has 0 saturated carbocycles. The van der Waals surface area contributed by atoms with E-state index in [1.165, 1.54) is 16.8 Å². The van der Waals surface area contributed by atoms with Crippen LogP contribution in [0.15, 0.2) is 141 Å². The first kappa shape index (κ1) is 41.1. The first-order chi connectivity index (χ1) is 33.3. The Balaban J connectivity index is 0.650. The summed E-state index contributed by atoms with van der Waals surface area (Å²) >= 11 is 0. The molecule has 0 radical (unpaired) electrons. The molecule has 2 saturated heterocycles. The third-order valence-corrected chi connectivity index (χ3v) is 13.4. The maximum absolute atomic E-state index is 5.00. The zero-order valence-electron chi connectivity index (χ0n) is 38.5. The second kappa shape index (κ2) is 17.1. The van der Waals surface area contributed by atoms with Crippen molar-refractivity contribution in [2.24, 2.45) is 14.1 Å². The van der Waals surface area contributed by atoms with E-state index >= 15 is 0 Å². The minimum absolute atomic E-state index is 0.697. The maximum atomic E-state index is 5.00. The molecule has 12 rings (SSSR count). The van der Waals surface area contributed by atoms with Crippen LogP contribution in [0.4, 0.5) is 23.1 Å². The zero-order valence-corrected chi connectivity index (χ0v) is 38.5. The Hall–Kier alpha value is -8.34. The van der Waals surface area contributed by atoms with Gasteiger partial charge in [-0.15, -0.1) is 0 Å². The Bertz CT molecular complexity index is 3380. The van der Waals surface area contributed by atoms with E-state index in [4.69, 9.17) is 20.2 Å². The summed E-state index contributed by atoms with van der Waals surface area (Å²) in [7, 11) is 3.87. The van der Waals surface area contributed by atoms with Crippen LogP contribution in [0.3, 0.4) is 0 Å². The van der Waals surface area contributed by atoms with E-state index in [1.54, 1.807) is 0 Å². The molecule has 10 aromatic rings. The van der Waals surface area contributed by atoms with Gasteiger partial charge in [0.1, 0.15) is 0 Å². The second-order valence-corrected chi connectivity index (χ2v) is 18.0. The lowest BCUT2D eigenvalue weighted by molar-refractivity contribution is -0.604. The monoisotopic (exact) mass is 902 g/mol. The van der Waals surface area contributed by atoms with Gasteiger partial charge in [0, 0.05) is 162 Å². The van der Waals surface area contributed by atoms with Crippen molar-refractivity contribution in [3.63, 3.8) is 0 Å². The lowest BCUT2D eigenvalue weighted by atomic mass is 10.1. The molecule has 1 aromatic carbocycles. The van der Waals surface area contributed by atoms with E-state index < -0.39 is 0 Å². The predicted molar refractivity (Wildman–Crippen MR) is 263 cm³/mol. The number of fused-ring (bicyclic) bond motifs is 2. The van der Waals surface area contributed by atoms with Crippen LogP contribution >= 0.6 is 0 Å². The number of anilines is 4. The molecule has 0 atom stereocenters. The molecule has 0 aliphatic carbocycles. The number of hydrogen-bond acceptors (Lipinski definition) is 11. The average molecular weight is 903 g/mol. The van der Waals surface area contributed by atoms with Crippen molar-refractivity contribution in [3.05, 3.63) is 163 Å². The van der Waals surface area contributed by atoms with Crippen molar-refractivity contribution < 1.29 is 4.57 Å². The smallest absolute Gasteiger partial charge is 0.225 e. The van der Waals surface area contributed by atoms with E-state index in [1.807, 2.05) is 86.7 Å². The van der Waals surface area contributed by atoms with Crippen molar-refractivity contribution in [3.8, 4) is 27.9 Å². The van der Waals surface area contributed by atoms with Crippen molar-refractivity contribution in [1.29, 1.82) is 0 Å². The second-order valence-electron chi connectivity index (χ2n) is 18.0. The van der Waals surface area contributed by atoms with Crippen LogP contribution in [0, 0.1) is 6.92 Å². The van der Waals surface area contributed by atoms with E-state index in [0.29, 0.717) is 13.0 Å². The molecule has 340 valence electrons. The van der Waals surface area contributed by atoms with Crippen LogP contribution in [0.5, 0.6) is 0 Å². The van der Waals surface area contributed by atoms with E-state index in [2.05, 4.69) is 138 Å². The SMILES string of the molecule is Cc1ccc(Cc2cnc(N3CCN(c4cnn5cc(-c6cnn(C)c6)ccc45)CC3)nc2)[n+](-c2ccc(Cn3ccc(N4CCN(c5cnn6cc(-c7cnn(C)c7)ccc56)CC4)n3)cc2)c1. The molecule has 0 unspecified atom stereocenters. The molecule has 2 aliphatic rings. The minimum atomic E-state index is 0.697. The van der Waals surface area contributed by atoms with Crippen LogP contribution in [0.2, 0.25) is 0 Å². The van der Waals surface area contributed by atoms with Crippen molar-refractivity contribution in [2.75, 3.05) is 72.0 Å². The van der Waals surface area contributed by atoms with Crippen molar-refractivity contribution >= 4 is 34.2 Å². The van der Waals surface area contributed by atoms with Gasteiger partial charge in [-0.25, -0.2) is 19.0 Å². The van der Waals surface area contributed by atoms with Crippen LogP contribution in [-0.4, -0.2) is 111 Å². The van der Waals surface area contributed by atoms with Crippen LogP contribution in [0.25, 0.3) is 39.0 Å². The van der Waals surface area contributed by atoms with Crippen LogP contribution in [-0.2, 0) is 27.1 Å². The van der Waals surface area contributed by atoms with Gasteiger partial charge in [0.05, 0.1) is 60.2 Å². The molecule has 0 amide bonds. The van der Waals surface area contributed by atoms with Gasteiger partial charge in [-0.05, 0) is 36.2 Å². The summed E-state index contributed by atoms with van der Waals surface area (Å²) in [6.45, 7) is 9.81. The standard InChI is InChI=1S/C51H52N17/c1-37-4-9-45(24-39-25-52-51(53-26-39)64-22-18-62(19-23-64)49-30-57-68-36-41(8-13-47(49)68)43-28-55-60(3)34-43)66(31-37)44-10-5-38(6-11-44)32-65-15-14-50(58-65)63-20-16-61(17-21-63)48-29-56-67-35-40(7-12-46(48)67)42-27-54-59(2)33-42/h4-15,25-31,33-36H,16-24,32H2,1-3H3/q+1. The molecular formula is C51H52N17+. The molecule has 2 fully saturated rings. The highest BCUT2D eigenvalue weighted by atomic mass is 15.4. The number of aromatic nitrogens is 13. The molecule has 0 N–H and O–H groups in total. The summed E-state index contributed by atoms with van der Waals surface area (Å²) in [6.07, 6.45) is 24.9. The Morgan fingerprint density at radius 2 is 1.09 bits per heavy atom. The van der Waals surface area contributed by atoms with E-state index in [9.17, 15) is 0 Å². The van der Waals surface area contributed by atoms with Gasteiger partial charge < -0.3 is 19.6 Å². The summed E-state index contributed by atoms with van der Waals surface area (Å²) in [6, 6.07) is 23.9. The van der Waals surface area contributed by atoms with Gasteiger partial charge >= 0.3 is 0 Å². The number of piperazine rings is 2. The fourth-order valence-electron chi connectivity index (χ4n) is 9.62. The number of aryl methyl sites for hydroxylation is 3. The van der Waals surface area contributed by atoms with Gasteiger partial charge in [0.2, 0.25) is 11.6 Å². The summed E-state index contributed by atoms with van der Waals surface area (Å²) in [5.74, 6) is 1.78. The fraction of sp³-hybridized carbons (Fsp3) is 0.255. The number of benzene rings is 1. The number of rotatable bonds is 11. The molecular weight excluding hydrogens is 851 g/mol. The number of hydrogen-bond donors (Lipinski definition) is 0. The Kier molecular flexibility index (Phi) is 10.4. The largest absolute Gasteiger partial charge is 0.365 e. The van der Waals surface area contributed by atoms with Gasteiger partial charge in [0.25, 0.3) is 0 Å². The summed E-state index contributed by atoms with van der Waals surface area (Å²) in [5, 5.41) is 23.0. The van der Waals surface area contributed by atoms with Gasteiger partial charge in [0.15, 0.2) is 17.7 Å². The molecule has 9 aromatic heterocycles. The lowest BCUT2D eigenvalue weighted by Gasteiger charge is -2.35. The molecule has 2 aliphatic heterocycles. The van der Waals surface area contributed by atoms with Crippen molar-refractivity contribution in [2.45, 2.75) is 19.9 Å². The normalized spacial score (nSPS) is 14.5. The van der Waals surface area contributed by atoms with Crippen LogP contribution < -0.4 is 24.2 Å². The fourth-order valence-corrected chi connectivity index (χ4v) is 9.62. The van der Waals surface area contributed by atoms with Crippen molar-refractivity contribution in [1.82, 2.24) is 58.5 Å². The third-order valence-electron chi connectivity index (χ3n) is 13.4. The average Bonchev–Trinajstić information content (AvgIpc) is 4.25. The predicted octanol–water partition coefficient (Wildman–Crippen LogP) is 5.65. The van der Waals surface area contributed by atoms with E-state index in [0.717, 1.165) is 120 Å². The Morgan fingerprint density at radius 3 is 1.66 bits per heavy atom. The highest BCUT2D eigenvalue weighted by Crippen LogP contribution is 2.29. The van der Waals surface area contributed by atoms with Gasteiger partial charge in [-0.3, -0.25) is 14.0 Å². The summed E-state index contributed by atoms with van der Waals surface area (Å²) in [4.78, 5) is 19.2. The van der Waals surface area contributed by atoms with Gasteiger partial charge in [-0.1, -0.05) is 24.3 Å². The first-order valence-corrected chi connectivity index (χ1v) is 23.2. The summed E-state index contributed by atoms with van der Waals surface area (Å²) < 4.78 is 11.9. The highest BCUT2D eigenvalue weighted by molar-refractivity contribution is 5.77. The van der Waals surface area contributed by atoms with Crippen LogP contribution in [0.1, 0.15) is 22.4 Å². The lowest BCUT2D eigenvalue weighted by Crippen LogP contribution is -2.47. The van der Waals surface area contributed by atoms with Gasteiger partial charge in [-0.2, -0.15) is 30.1 Å². The first-order valence-electron chi connectivity index (χ1n) is 23.2. The Labute approximate surface area is 393 Å². The maximum Gasteiger partial charge on any atom is 0.225 e. The summed E-state index contributed by atoms with van der Waals surface area (Å²) in [5.41, 5.74) is 14.6. The van der Waals surface area contributed by atoms with E-state index in [-0.39, 0.29) is 0 Å². The molecule has 17 heteroatoms. The molecule has 68 heavy (non-hydrogen) atoms. The molecule has 17 nitrogen and oxygen atoms in total. The third kappa shape index (κ3) is 8.05. The minimum Gasteiger partial charge on any atom is -0.365 e. The number of pyridine rings is 3. The quantitative estimate of drug-likeness (QED) is 0.150.